The number of imidazole rings is 1. The summed E-state index contributed by atoms with van der Waals surface area (Å²) in [5.41, 5.74) is 2.32. The predicted molar refractivity (Wildman–Crippen MR) is 135 cm³/mol. The van der Waals surface area contributed by atoms with Gasteiger partial charge in [-0.15, -0.1) is 0 Å². The SMILES string of the molecule is CN(C)CCNC(=O)c1cc(NCCN(C)C)c2nc(-n3ccnc3)nc(N3CCOCC3)c2n1. The molecule has 3 aromatic heterocycles. The number of anilines is 2. The third-order valence-electron chi connectivity index (χ3n) is 5.62. The molecule has 1 aliphatic rings. The molecule has 0 spiro atoms. The molecule has 12 nitrogen and oxygen atoms in total. The first-order valence-electron chi connectivity index (χ1n) is 11.8. The van der Waals surface area contributed by atoms with E-state index in [0.717, 1.165) is 18.8 Å². The van der Waals surface area contributed by atoms with Crippen molar-refractivity contribution in [1.82, 2.24) is 39.6 Å². The highest BCUT2D eigenvalue weighted by molar-refractivity contribution is 6.01. The molecule has 1 fully saturated rings. The topological polar surface area (TPSA) is 117 Å². The summed E-state index contributed by atoms with van der Waals surface area (Å²) in [5.74, 6) is 0.953. The van der Waals surface area contributed by atoms with Crippen molar-refractivity contribution in [2.45, 2.75) is 0 Å². The lowest BCUT2D eigenvalue weighted by molar-refractivity contribution is 0.0946. The molecule has 0 saturated carbocycles. The van der Waals surface area contributed by atoms with Crippen molar-refractivity contribution >= 4 is 28.4 Å². The average Bonchev–Trinajstić information content (AvgIpc) is 3.38. The Kier molecular flexibility index (Phi) is 8.06. The Morgan fingerprint density at radius 1 is 1.03 bits per heavy atom. The van der Waals surface area contributed by atoms with Gasteiger partial charge in [-0.2, -0.15) is 4.98 Å². The van der Waals surface area contributed by atoms with E-state index in [9.17, 15) is 4.79 Å². The number of nitrogens with zero attached hydrogens (tertiary/aromatic N) is 8. The Labute approximate surface area is 205 Å². The van der Waals surface area contributed by atoms with E-state index in [0.29, 0.717) is 67.9 Å². The molecule has 0 aliphatic carbocycles. The maximum atomic E-state index is 13.0. The predicted octanol–water partition coefficient (Wildman–Crippen LogP) is 0.312. The van der Waals surface area contributed by atoms with Gasteiger partial charge >= 0.3 is 0 Å². The van der Waals surface area contributed by atoms with Crippen LogP contribution >= 0.6 is 0 Å². The van der Waals surface area contributed by atoms with Gasteiger partial charge in [-0.25, -0.2) is 15.0 Å². The number of likely N-dealkylation sites (N-methyl/N-ethyl adjacent to an activating group) is 2. The molecule has 2 N–H and O–H groups in total. The monoisotopic (exact) mass is 482 g/mol. The highest BCUT2D eigenvalue weighted by atomic mass is 16.5. The van der Waals surface area contributed by atoms with Crippen molar-refractivity contribution in [2.24, 2.45) is 0 Å². The number of pyridine rings is 1. The first-order chi connectivity index (χ1) is 16.9. The van der Waals surface area contributed by atoms with Gasteiger partial charge in [0.15, 0.2) is 5.82 Å². The first-order valence-corrected chi connectivity index (χ1v) is 11.8. The van der Waals surface area contributed by atoms with Crippen LogP contribution in [0.1, 0.15) is 10.5 Å². The second kappa shape index (κ2) is 11.4. The number of hydrogen-bond donors (Lipinski definition) is 2. The summed E-state index contributed by atoms with van der Waals surface area (Å²) in [6.45, 7) is 5.34. The molecule has 0 aromatic carbocycles. The van der Waals surface area contributed by atoms with E-state index < -0.39 is 0 Å². The molecule has 4 heterocycles. The minimum atomic E-state index is -0.226. The molecule has 188 valence electrons. The lowest BCUT2D eigenvalue weighted by Gasteiger charge is -2.29. The van der Waals surface area contributed by atoms with Gasteiger partial charge in [-0.3, -0.25) is 9.36 Å². The van der Waals surface area contributed by atoms with Crippen LogP contribution in [0.15, 0.2) is 24.8 Å². The highest BCUT2D eigenvalue weighted by Crippen LogP contribution is 2.30. The van der Waals surface area contributed by atoms with E-state index in [1.54, 1.807) is 23.2 Å². The van der Waals surface area contributed by atoms with Gasteiger partial charge in [-0.1, -0.05) is 0 Å². The van der Waals surface area contributed by atoms with E-state index in [1.807, 2.05) is 39.3 Å². The highest BCUT2D eigenvalue weighted by Gasteiger charge is 2.23. The van der Waals surface area contributed by atoms with Crippen LogP contribution in [0.25, 0.3) is 17.0 Å². The molecular weight excluding hydrogens is 448 g/mol. The largest absolute Gasteiger partial charge is 0.382 e. The molecule has 4 rings (SSSR count). The van der Waals surface area contributed by atoms with Crippen LogP contribution in [0.3, 0.4) is 0 Å². The van der Waals surface area contributed by atoms with Gasteiger partial charge in [0.1, 0.15) is 23.1 Å². The standard InChI is InChI=1S/C23H34N10O2/c1-30(2)8-6-25-17-15-18(22(34)26-7-9-31(3)4)27-20-19(17)28-23(33-10-5-24-16-33)29-21(20)32-11-13-35-14-12-32/h5,10,15-16H,6-9,11-14H2,1-4H3,(H,25,27)(H,26,34). The van der Waals surface area contributed by atoms with Gasteiger partial charge in [0.05, 0.1) is 18.9 Å². The summed E-state index contributed by atoms with van der Waals surface area (Å²) in [7, 11) is 7.98. The molecule has 35 heavy (non-hydrogen) atoms. The number of carbonyl (C=O) groups excluding carboxylic acids is 1. The summed E-state index contributed by atoms with van der Waals surface area (Å²) < 4.78 is 7.33. The molecule has 12 heteroatoms. The number of morpholine rings is 1. The zero-order valence-electron chi connectivity index (χ0n) is 20.9. The van der Waals surface area contributed by atoms with Crippen molar-refractivity contribution in [3.8, 4) is 5.95 Å². The first kappa shape index (κ1) is 24.8. The van der Waals surface area contributed by atoms with E-state index in [4.69, 9.17) is 19.7 Å². The van der Waals surface area contributed by atoms with Gasteiger partial charge in [-0.05, 0) is 34.3 Å². The van der Waals surface area contributed by atoms with E-state index >= 15 is 0 Å². The van der Waals surface area contributed by atoms with Crippen LogP contribution in [-0.2, 0) is 4.74 Å². The maximum absolute atomic E-state index is 13.0. The van der Waals surface area contributed by atoms with Crippen LogP contribution in [0.5, 0.6) is 0 Å². The number of nitrogens with one attached hydrogen (secondary N) is 2. The molecule has 0 bridgehead atoms. The molecular formula is C23H34N10O2. The third-order valence-corrected chi connectivity index (χ3v) is 5.62. The molecule has 0 atom stereocenters. The van der Waals surface area contributed by atoms with Crippen molar-refractivity contribution in [1.29, 1.82) is 0 Å². The summed E-state index contributed by atoms with van der Waals surface area (Å²) >= 11 is 0. The number of ether oxygens (including phenoxy) is 1. The van der Waals surface area contributed by atoms with Gasteiger partial charge < -0.3 is 30.1 Å². The van der Waals surface area contributed by atoms with Crippen molar-refractivity contribution < 1.29 is 9.53 Å². The number of amides is 1. The lowest BCUT2D eigenvalue weighted by atomic mass is 10.2. The fourth-order valence-electron chi connectivity index (χ4n) is 3.72. The number of aromatic nitrogens is 5. The van der Waals surface area contributed by atoms with Crippen LogP contribution in [-0.4, -0.2) is 121 Å². The molecule has 0 unspecified atom stereocenters. The van der Waals surface area contributed by atoms with Gasteiger partial charge in [0, 0.05) is 51.7 Å². The quantitative estimate of drug-likeness (QED) is 0.418. The normalized spacial score (nSPS) is 14.2. The van der Waals surface area contributed by atoms with Gasteiger partial charge in [0.25, 0.3) is 5.91 Å². The fourth-order valence-corrected chi connectivity index (χ4v) is 3.72. The Morgan fingerprint density at radius 2 is 1.77 bits per heavy atom. The van der Waals surface area contributed by atoms with E-state index in [1.165, 1.54) is 0 Å². The Bertz CT molecular complexity index is 1130. The smallest absolute Gasteiger partial charge is 0.270 e. The maximum Gasteiger partial charge on any atom is 0.270 e. The average molecular weight is 483 g/mol. The van der Waals surface area contributed by atoms with Gasteiger partial charge in [0.2, 0.25) is 5.95 Å². The Hall–Kier alpha value is -3.35. The second-order valence-corrected chi connectivity index (χ2v) is 8.96. The Balaban J connectivity index is 1.81. The minimum Gasteiger partial charge on any atom is -0.382 e. The van der Waals surface area contributed by atoms with Crippen molar-refractivity contribution in [3.05, 3.63) is 30.5 Å². The van der Waals surface area contributed by atoms with Crippen molar-refractivity contribution in [2.75, 3.05) is 90.9 Å². The van der Waals surface area contributed by atoms with E-state index in [-0.39, 0.29) is 5.91 Å². The number of fused-ring (bicyclic) bond motifs is 1. The minimum absolute atomic E-state index is 0.226. The molecule has 1 aliphatic heterocycles. The van der Waals surface area contributed by atoms with E-state index in [2.05, 4.69) is 25.4 Å². The summed E-state index contributed by atoms with van der Waals surface area (Å²) in [5, 5.41) is 6.43. The zero-order valence-corrected chi connectivity index (χ0v) is 20.9. The van der Waals surface area contributed by atoms with Crippen molar-refractivity contribution in [3.63, 3.8) is 0 Å². The summed E-state index contributed by atoms with van der Waals surface area (Å²) in [4.78, 5) is 37.9. The molecule has 3 aromatic rings. The molecule has 1 amide bonds. The van der Waals surface area contributed by atoms with Crippen LogP contribution in [0, 0.1) is 0 Å². The van der Waals surface area contributed by atoms with Crippen LogP contribution in [0.4, 0.5) is 11.5 Å². The molecule has 1 saturated heterocycles. The zero-order chi connectivity index (χ0) is 24.8. The Morgan fingerprint density at radius 3 is 2.46 bits per heavy atom. The number of carbonyl (C=O) groups is 1. The lowest BCUT2D eigenvalue weighted by Crippen LogP contribution is -2.37. The number of hydrogen-bond acceptors (Lipinski definition) is 10. The third kappa shape index (κ3) is 6.21. The fraction of sp³-hybridized carbons (Fsp3) is 0.522. The van der Waals surface area contributed by atoms with Crippen LogP contribution in [0.2, 0.25) is 0 Å². The molecule has 0 radical (unpaired) electrons. The summed E-state index contributed by atoms with van der Waals surface area (Å²) in [6.07, 6.45) is 5.17. The van der Waals surface area contributed by atoms with Crippen LogP contribution < -0.4 is 15.5 Å². The second-order valence-electron chi connectivity index (χ2n) is 8.96. The summed E-state index contributed by atoms with van der Waals surface area (Å²) in [6, 6.07) is 1.77. The number of rotatable bonds is 10.